The summed E-state index contributed by atoms with van der Waals surface area (Å²) in [5.74, 6) is 0.545. The summed E-state index contributed by atoms with van der Waals surface area (Å²) >= 11 is 1.24. The van der Waals surface area contributed by atoms with Crippen LogP contribution in [0.25, 0.3) is 0 Å². The van der Waals surface area contributed by atoms with Crippen molar-refractivity contribution >= 4 is 21.2 Å². The van der Waals surface area contributed by atoms with Crippen LogP contribution in [0.2, 0.25) is 0 Å². The number of hydrogen-bond donors (Lipinski definition) is 1. The number of thiophene rings is 1. The molecule has 0 amide bonds. The van der Waals surface area contributed by atoms with E-state index in [1.54, 1.807) is 24.6 Å². The lowest BCUT2D eigenvalue weighted by Gasteiger charge is -2.15. The SMILES string of the molecule is CNC(C)c1ccc(OC)c(CS(=O)(=O)c2cccs2)c1. The molecule has 1 aromatic heterocycles. The molecule has 0 bridgehead atoms. The molecule has 0 saturated heterocycles. The predicted molar refractivity (Wildman–Crippen MR) is 85.7 cm³/mol. The van der Waals surface area contributed by atoms with Crippen molar-refractivity contribution in [2.24, 2.45) is 0 Å². The molecule has 1 aromatic carbocycles. The van der Waals surface area contributed by atoms with Gasteiger partial charge in [0.1, 0.15) is 9.96 Å². The van der Waals surface area contributed by atoms with E-state index in [9.17, 15) is 8.42 Å². The normalized spacial score (nSPS) is 13.1. The van der Waals surface area contributed by atoms with Gasteiger partial charge in [-0.05, 0) is 43.1 Å². The summed E-state index contributed by atoms with van der Waals surface area (Å²) in [7, 11) is 0.0917. The second-order valence-corrected chi connectivity index (χ2v) is 7.94. The van der Waals surface area contributed by atoms with Crippen LogP contribution in [0.5, 0.6) is 5.75 Å². The van der Waals surface area contributed by atoms with Gasteiger partial charge >= 0.3 is 0 Å². The highest BCUT2D eigenvalue weighted by Crippen LogP contribution is 2.28. The van der Waals surface area contributed by atoms with Crippen LogP contribution in [0.1, 0.15) is 24.1 Å². The largest absolute Gasteiger partial charge is 0.496 e. The van der Waals surface area contributed by atoms with Gasteiger partial charge in [-0.2, -0.15) is 0 Å². The van der Waals surface area contributed by atoms with Crippen molar-refractivity contribution in [3.8, 4) is 5.75 Å². The van der Waals surface area contributed by atoms with Gasteiger partial charge in [0, 0.05) is 11.6 Å². The lowest BCUT2D eigenvalue weighted by Crippen LogP contribution is -2.13. The minimum Gasteiger partial charge on any atom is -0.496 e. The maximum absolute atomic E-state index is 12.4. The Morgan fingerprint density at radius 1 is 1.33 bits per heavy atom. The zero-order chi connectivity index (χ0) is 15.5. The molecule has 1 unspecified atom stereocenters. The highest BCUT2D eigenvalue weighted by atomic mass is 32.2. The third-order valence-corrected chi connectivity index (χ3v) is 6.54. The molecule has 114 valence electrons. The number of sulfone groups is 1. The van der Waals surface area contributed by atoms with E-state index in [2.05, 4.69) is 5.32 Å². The Kier molecular flexibility index (Phi) is 5.03. The van der Waals surface area contributed by atoms with Crippen molar-refractivity contribution in [3.63, 3.8) is 0 Å². The van der Waals surface area contributed by atoms with Gasteiger partial charge in [-0.1, -0.05) is 12.1 Å². The molecule has 4 nitrogen and oxygen atoms in total. The third-order valence-electron chi connectivity index (χ3n) is 3.38. The second kappa shape index (κ2) is 6.60. The summed E-state index contributed by atoms with van der Waals surface area (Å²) in [5.41, 5.74) is 1.72. The van der Waals surface area contributed by atoms with Crippen LogP contribution in [-0.4, -0.2) is 22.6 Å². The Labute approximate surface area is 129 Å². The monoisotopic (exact) mass is 325 g/mol. The van der Waals surface area contributed by atoms with Crippen molar-refractivity contribution < 1.29 is 13.2 Å². The highest BCUT2D eigenvalue weighted by molar-refractivity contribution is 7.92. The first kappa shape index (κ1) is 16.0. The Morgan fingerprint density at radius 3 is 2.67 bits per heavy atom. The molecule has 0 aliphatic carbocycles. The number of benzene rings is 1. The van der Waals surface area contributed by atoms with E-state index in [1.807, 2.05) is 32.2 Å². The number of ether oxygens (including phenoxy) is 1. The summed E-state index contributed by atoms with van der Waals surface area (Å²) in [6.45, 7) is 2.03. The molecular weight excluding hydrogens is 306 g/mol. The molecule has 2 rings (SSSR count). The molecular formula is C15H19NO3S2. The van der Waals surface area contributed by atoms with Crippen LogP contribution >= 0.6 is 11.3 Å². The first-order valence-corrected chi connectivity index (χ1v) is 9.11. The standard InChI is InChI=1S/C15H19NO3S2/c1-11(16-2)12-6-7-14(19-3)13(9-12)10-21(17,18)15-5-4-8-20-15/h4-9,11,16H,10H2,1-3H3. The average Bonchev–Trinajstić information content (AvgIpc) is 3.01. The summed E-state index contributed by atoms with van der Waals surface area (Å²) in [4.78, 5) is 0. The van der Waals surface area contributed by atoms with E-state index in [0.29, 0.717) is 15.5 Å². The predicted octanol–water partition coefficient (Wildman–Crippen LogP) is 3.01. The molecule has 1 atom stereocenters. The van der Waals surface area contributed by atoms with Crippen LogP contribution in [0, 0.1) is 0 Å². The summed E-state index contributed by atoms with van der Waals surface area (Å²) in [6.07, 6.45) is 0. The van der Waals surface area contributed by atoms with Gasteiger partial charge in [-0.25, -0.2) is 8.42 Å². The van der Waals surface area contributed by atoms with E-state index in [-0.39, 0.29) is 11.8 Å². The molecule has 6 heteroatoms. The van der Waals surface area contributed by atoms with Gasteiger partial charge in [-0.15, -0.1) is 11.3 Å². The smallest absolute Gasteiger partial charge is 0.192 e. The van der Waals surface area contributed by atoms with Gasteiger partial charge < -0.3 is 10.1 Å². The first-order valence-electron chi connectivity index (χ1n) is 6.58. The fourth-order valence-electron chi connectivity index (χ4n) is 2.06. The van der Waals surface area contributed by atoms with Crippen LogP contribution in [0.3, 0.4) is 0 Å². The molecule has 1 heterocycles. The maximum atomic E-state index is 12.4. The lowest BCUT2D eigenvalue weighted by molar-refractivity contribution is 0.410. The molecule has 0 radical (unpaired) electrons. The van der Waals surface area contributed by atoms with Crippen LogP contribution < -0.4 is 10.1 Å². The molecule has 0 spiro atoms. The first-order chi connectivity index (χ1) is 9.97. The van der Waals surface area contributed by atoms with E-state index in [4.69, 9.17) is 4.74 Å². The number of nitrogens with one attached hydrogen (secondary N) is 1. The summed E-state index contributed by atoms with van der Waals surface area (Å²) < 4.78 is 30.5. The Hall–Kier alpha value is -1.37. The Morgan fingerprint density at radius 2 is 2.10 bits per heavy atom. The van der Waals surface area contributed by atoms with Crippen molar-refractivity contribution in [2.45, 2.75) is 22.9 Å². The van der Waals surface area contributed by atoms with Gasteiger partial charge in [0.05, 0.1) is 12.9 Å². The van der Waals surface area contributed by atoms with E-state index in [0.717, 1.165) is 5.56 Å². The topological polar surface area (TPSA) is 55.4 Å². The minimum atomic E-state index is -3.33. The lowest BCUT2D eigenvalue weighted by atomic mass is 10.1. The quantitative estimate of drug-likeness (QED) is 0.887. The van der Waals surface area contributed by atoms with Gasteiger partial charge in [0.15, 0.2) is 9.84 Å². The maximum Gasteiger partial charge on any atom is 0.192 e. The van der Waals surface area contributed by atoms with E-state index >= 15 is 0 Å². The van der Waals surface area contributed by atoms with Crippen molar-refractivity contribution in [2.75, 3.05) is 14.2 Å². The zero-order valence-electron chi connectivity index (χ0n) is 12.3. The van der Waals surface area contributed by atoms with Crippen LogP contribution in [0.15, 0.2) is 39.9 Å². The fraction of sp³-hybridized carbons (Fsp3) is 0.333. The minimum absolute atomic E-state index is 0.0546. The number of rotatable bonds is 6. The molecule has 0 saturated carbocycles. The van der Waals surface area contributed by atoms with Gasteiger partial charge in [0.25, 0.3) is 0 Å². The Bertz CT molecular complexity index is 694. The zero-order valence-corrected chi connectivity index (χ0v) is 13.9. The van der Waals surface area contributed by atoms with Crippen molar-refractivity contribution in [3.05, 3.63) is 46.8 Å². The van der Waals surface area contributed by atoms with Gasteiger partial charge in [-0.3, -0.25) is 0 Å². The van der Waals surface area contributed by atoms with Crippen LogP contribution in [-0.2, 0) is 15.6 Å². The molecule has 1 N–H and O–H groups in total. The van der Waals surface area contributed by atoms with Crippen LogP contribution in [0.4, 0.5) is 0 Å². The van der Waals surface area contributed by atoms with E-state index < -0.39 is 9.84 Å². The van der Waals surface area contributed by atoms with Crippen molar-refractivity contribution in [1.29, 1.82) is 0 Å². The molecule has 0 fully saturated rings. The highest BCUT2D eigenvalue weighted by Gasteiger charge is 2.19. The average molecular weight is 325 g/mol. The molecule has 0 aliphatic heterocycles. The molecule has 2 aromatic rings. The Balaban J connectivity index is 2.38. The molecule has 21 heavy (non-hydrogen) atoms. The summed E-state index contributed by atoms with van der Waals surface area (Å²) in [5, 5.41) is 4.92. The molecule has 0 aliphatic rings. The second-order valence-electron chi connectivity index (χ2n) is 4.77. The third kappa shape index (κ3) is 3.64. The summed E-state index contributed by atoms with van der Waals surface area (Å²) in [6, 6.07) is 9.19. The van der Waals surface area contributed by atoms with Crippen molar-refractivity contribution in [1.82, 2.24) is 5.32 Å². The van der Waals surface area contributed by atoms with Gasteiger partial charge in [0.2, 0.25) is 0 Å². The number of methoxy groups -OCH3 is 1. The van der Waals surface area contributed by atoms with E-state index in [1.165, 1.54) is 11.3 Å². The fourth-order valence-corrected chi connectivity index (χ4v) is 4.51. The number of hydrogen-bond acceptors (Lipinski definition) is 5.